The third-order valence-corrected chi connectivity index (χ3v) is 0. The maximum Gasteiger partial charge on any atom is -0.0149 e. The van der Waals surface area contributed by atoms with Gasteiger partial charge < -0.3 is 0 Å². The molecule has 0 aliphatic carbocycles. The quantitative estimate of drug-likeness (QED) is 0.333. The second-order valence-corrected chi connectivity index (χ2v) is 2.40. The second-order valence-electron chi connectivity index (χ2n) is 0.461. The Morgan fingerprint density at radius 3 is 0.778 bits per heavy atom. The Morgan fingerprint density at radius 2 is 0.778 bits per heavy atom. The number of hydrogen-bond donors (Lipinski definition) is 4. The van der Waals surface area contributed by atoms with Crippen LogP contribution in [0.5, 0.6) is 0 Å². The van der Waals surface area contributed by atoms with E-state index in [1.54, 1.807) is 0 Å². The molecule has 0 aromatic carbocycles. The van der Waals surface area contributed by atoms with Crippen LogP contribution in [0.25, 0.3) is 0 Å². The van der Waals surface area contributed by atoms with E-state index in [0.29, 0.717) is 0 Å². The monoisotopic (exact) mass is 292 g/mol. The van der Waals surface area contributed by atoms with Gasteiger partial charge >= 0.3 is 53.4 Å². The first-order valence-electron chi connectivity index (χ1n) is 1.06. The van der Waals surface area contributed by atoms with Gasteiger partial charge in [-0.25, -0.2) is 0 Å². The Morgan fingerprint density at radius 1 is 0.778 bits per heavy atom. The molecule has 0 aliphatic heterocycles. The molecular weight excluding hydrogens is 282 g/mol. The van der Waals surface area contributed by atoms with Crippen LogP contribution in [0.3, 0.4) is 0 Å². The van der Waals surface area contributed by atoms with Gasteiger partial charge in [0.15, 0.2) is 0 Å². The molecule has 0 amide bonds. The molecule has 0 aromatic heterocycles. The Hall–Kier alpha value is 0.696. The summed E-state index contributed by atoms with van der Waals surface area (Å²) >= 11 is -6.58. The third kappa shape index (κ3) is 805. The number of hydrogen-bond acceptors (Lipinski definition) is 2. The van der Waals surface area contributed by atoms with Crippen molar-refractivity contribution in [3.8, 4) is 0 Å². The van der Waals surface area contributed by atoms with Gasteiger partial charge in [0.1, 0.15) is 0 Å². The third-order valence-electron chi connectivity index (χ3n) is 0. The molecule has 0 unspecified atom stereocenters. The van der Waals surface area contributed by atoms with E-state index in [0.717, 1.165) is 0 Å². The van der Waals surface area contributed by atoms with E-state index >= 15 is 0 Å². The molecule has 0 bridgehead atoms. The molecule has 0 saturated heterocycles. The molecule has 0 rings (SSSR count). The fourth-order valence-corrected chi connectivity index (χ4v) is 0. The number of rotatable bonds is 0. The molecule has 9 heteroatoms. The summed E-state index contributed by atoms with van der Waals surface area (Å²) in [6.07, 6.45) is 0. The average molecular weight is 290 g/mol. The first kappa shape index (κ1) is 16.4. The molecule has 0 aromatic rings. The Kier molecular flexibility index (Phi) is 20.9. The maximum atomic E-state index is 8.76. The van der Waals surface area contributed by atoms with E-state index in [-0.39, 0.29) is 11.0 Å². The van der Waals surface area contributed by atoms with Crippen LogP contribution in [0, 0.1) is 0 Å². The van der Waals surface area contributed by atoms with Gasteiger partial charge in [-0.2, -0.15) is 0 Å². The molecular formula is H8O6Se2Si. The summed E-state index contributed by atoms with van der Waals surface area (Å²) in [6.45, 7) is 0. The van der Waals surface area contributed by atoms with Crippen molar-refractivity contribution in [1.29, 1.82) is 0 Å². The summed E-state index contributed by atoms with van der Waals surface area (Å²) in [6, 6.07) is 0. The fraction of sp³-hybridized carbons (Fsp3) is 0. The minimum absolute atomic E-state index is 0. The van der Waals surface area contributed by atoms with Gasteiger partial charge in [0.2, 0.25) is 0 Å². The van der Waals surface area contributed by atoms with E-state index in [1.165, 1.54) is 0 Å². The van der Waals surface area contributed by atoms with Gasteiger partial charge in [-0.3, -0.25) is 0 Å². The van der Waals surface area contributed by atoms with E-state index in [4.69, 9.17) is 24.4 Å². The Labute approximate surface area is 64.6 Å². The van der Waals surface area contributed by atoms with Crippen molar-refractivity contribution < 1.29 is 24.4 Å². The van der Waals surface area contributed by atoms with Crippen LogP contribution in [0.1, 0.15) is 0 Å². The molecule has 0 radical (unpaired) electrons. The van der Waals surface area contributed by atoms with Gasteiger partial charge in [-0.05, 0) is 11.0 Å². The van der Waals surface area contributed by atoms with E-state index in [1.807, 2.05) is 0 Å². The summed E-state index contributed by atoms with van der Waals surface area (Å²) in [4.78, 5) is 0. The summed E-state index contributed by atoms with van der Waals surface area (Å²) in [5, 5.41) is 0. The van der Waals surface area contributed by atoms with Crippen LogP contribution in [0.4, 0.5) is 0 Å². The minimum Gasteiger partial charge on any atom is -0.0149 e. The van der Waals surface area contributed by atoms with Crippen LogP contribution in [0.15, 0.2) is 0 Å². The zero-order valence-electron chi connectivity index (χ0n) is 3.42. The summed E-state index contributed by atoms with van der Waals surface area (Å²) < 4.78 is 46.2. The van der Waals surface area contributed by atoms with Crippen molar-refractivity contribution in [2.75, 3.05) is 0 Å². The van der Waals surface area contributed by atoms with Crippen molar-refractivity contribution >= 4 is 40.0 Å². The largest absolute Gasteiger partial charge is 0.0149 e. The summed E-state index contributed by atoms with van der Waals surface area (Å²) in [5.74, 6) is 0. The molecule has 9 heavy (non-hydrogen) atoms. The zero-order valence-corrected chi connectivity index (χ0v) is 6.85. The first-order chi connectivity index (χ1) is 3.46. The van der Waals surface area contributed by atoms with Gasteiger partial charge in [-0.15, -0.1) is 0 Å². The van der Waals surface area contributed by atoms with Gasteiger partial charge in [0.05, 0.1) is 0 Å². The van der Waals surface area contributed by atoms with E-state index < -0.39 is 29.0 Å². The Balaban J connectivity index is -0.0000000720. The van der Waals surface area contributed by atoms with E-state index in [2.05, 4.69) is 0 Å². The first-order valence-corrected chi connectivity index (χ1v) is 5.53. The second kappa shape index (κ2) is 11.5. The van der Waals surface area contributed by atoms with Crippen LogP contribution in [-0.2, 0) is 7.67 Å². The van der Waals surface area contributed by atoms with Crippen molar-refractivity contribution in [2.45, 2.75) is 0 Å². The molecule has 6 nitrogen and oxygen atoms in total. The maximum absolute atomic E-state index is 8.76. The van der Waals surface area contributed by atoms with Gasteiger partial charge in [-0.1, -0.05) is 0 Å². The van der Waals surface area contributed by atoms with Crippen LogP contribution in [0.2, 0.25) is 0 Å². The van der Waals surface area contributed by atoms with Crippen molar-refractivity contribution in [1.82, 2.24) is 0 Å². The normalized spacial score (nSPS) is 7.78. The van der Waals surface area contributed by atoms with Gasteiger partial charge in [0, 0.05) is 0 Å². The smallest absolute Gasteiger partial charge is 0.0149 e. The predicted octanol–water partition coefficient (Wildman–Crippen LogP) is -4.68. The molecule has 0 aliphatic rings. The van der Waals surface area contributed by atoms with Crippen LogP contribution < -0.4 is 0 Å². The molecule has 0 spiro atoms. The molecule has 60 valence electrons. The molecule has 0 heterocycles. The molecule has 0 atom stereocenters. The van der Waals surface area contributed by atoms with E-state index in [9.17, 15) is 0 Å². The zero-order chi connectivity index (χ0) is 7.15. The minimum atomic E-state index is -3.29. The topological polar surface area (TPSA) is 115 Å². The van der Waals surface area contributed by atoms with Crippen molar-refractivity contribution in [3.05, 3.63) is 0 Å². The van der Waals surface area contributed by atoms with Gasteiger partial charge in [0.25, 0.3) is 0 Å². The standard InChI is InChI=1S/2H2O3Se.H4Si/c2*1-4(2)3;/h2*(H2,1,2,3);1H4. The molecule has 0 fully saturated rings. The predicted molar refractivity (Wildman–Crippen MR) is 33.1 cm³/mol. The van der Waals surface area contributed by atoms with Crippen LogP contribution >= 0.6 is 0 Å². The SMILES string of the molecule is O=[Se](O)O.O=[Se](O)O.[SiH4]. The molecule has 0 saturated carbocycles. The summed E-state index contributed by atoms with van der Waals surface area (Å²) in [5.41, 5.74) is 0. The van der Waals surface area contributed by atoms with Crippen LogP contribution in [-0.4, -0.2) is 56.7 Å². The van der Waals surface area contributed by atoms with Crippen molar-refractivity contribution in [3.63, 3.8) is 0 Å². The fourth-order valence-electron chi connectivity index (χ4n) is 0. The van der Waals surface area contributed by atoms with Crippen molar-refractivity contribution in [2.24, 2.45) is 0 Å². The summed E-state index contributed by atoms with van der Waals surface area (Å²) in [7, 11) is 0. The molecule has 4 N–H and O–H groups in total. The Bertz CT molecular complexity index is 69.1. The average Bonchev–Trinajstić information content (AvgIpc) is 1.25.